The summed E-state index contributed by atoms with van der Waals surface area (Å²) in [7, 11) is 0. The molecule has 0 spiro atoms. The molecular weight excluding hydrogens is 418 g/mol. The molecule has 5 rings (SSSR count). The maximum absolute atomic E-state index is 13.0. The molecule has 2 heterocycles. The van der Waals surface area contributed by atoms with Crippen LogP contribution >= 0.6 is 11.3 Å². The molecule has 6 heteroatoms. The second-order valence-electron chi connectivity index (χ2n) is 8.73. The molecule has 164 valence electrons. The van der Waals surface area contributed by atoms with E-state index in [9.17, 15) is 9.59 Å². The first kappa shape index (κ1) is 20.9. The van der Waals surface area contributed by atoms with Gasteiger partial charge < -0.3 is 11.1 Å². The number of piperidine rings is 1. The van der Waals surface area contributed by atoms with Crippen LogP contribution in [0.2, 0.25) is 0 Å². The molecule has 3 aromatic rings. The Balaban J connectivity index is 1.25. The third-order valence-electron chi connectivity index (χ3n) is 6.54. The zero-order valence-electron chi connectivity index (χ0n) is 18.0. The Morgan fingerprint density at radius 1 is 1.00 bits per heavy atom. The molecule has 0 unspecified atom stereocenters. The second-order valence-corrected chi connectivity index (χ2v) is 9.78. The fourth-order valence-electron chi connectivity index (χ4n) is 4.76. The first-order chi connectivity index (χ1) is 15.6. The minimum atomic E-state index is -0.187. The lowest BCUT2D eigenvalue weighted by atomic mass is 9.91. The van der Waals surface area contributed by atoms with Gasteiger partial charge in [0.05, 0.1) is 4.88 Å². The van der Waals surface area contributed by atoms with E-state index < -0.39 is 0 Å². The summed E-state index contributed by atoms with van der Waals surface area (Å²) in [4.78, 5) is 28.7. The molecule has 32 heavy (non-hydrogen) atoms. The highest BCUT2D eigenvalue weighted by atomic mass is 32.1. The summed E-state index contributed by atoms with van der Waals surface area (Å²) in [5.41, 5.74) is 11.3. The van der Waals surface area contributed by atoms with Crippen molar-refractivity contribution in [2.75, 3.05) is 18.4 Å². The van der Waals surface area contributed by atoms with Crippen LogP contribution in [0.1, 0.15) is 39.2 Å². The zero-order chi connectivity index (χ0) is 22.1. The van der Waals surface area contributed by atoms with Gasteiger partial charge in [-0.1, -0.05) is 36.4 Å². The highest BCUT2D eigenvalue weighted by Crippen LogP contribution is 2.39. The van der Waals surface area contributed by atoms with Crippen molar-refractivity contribution in [1.29, 1.82) is 0 Å². The molecule has 0 bridgehead atoms. The summed E-state index contributed by atoms with van der Waals surface area (Å²) in [6.07, 6.45) is 3.65. The Labute approximate surface area is 192 Å². The normalized spacial score (nSPS) is 16.2. The monoisotopic (exact) mass is 445 g/mol. The highest BCUT2D eigenvalue weighted by Gasteiger charge is 2.23. The quantitative estimate of drug-likeness (QED) is 0.609. The van der Waals surface area contributed by atoms with Gasteiger partial charge in [-0.15, -0.1) is 11.3 Å². The minimum Gasteiger partial charge on any atom is -0.369 e. The Bertz CT molecular complexity index is 1160. The summed E-state index contributed by atoms with van der Waals surface area (Å²) in [6.45, 7) is 2.54. The molecule has 1 aromatic heterocycles. The van der Waals surface area contributed by atoms with E-state index in [0.717, 1.165) is 61.4 Å². The number of likely N-dealkylation sites (tertiary alicyclic amines) is 1. The summed E-state index contributed by atoms with van der Waals surface area (Å²) in [5, 5.41) is 3.08. The van der Waals surface area contributed by atoms with Crippen molar-refractivity contribution >= 4 is 28.8 Å². The summed E-state index contributed by atoms with van der Waals surface area (Å²) in [6, 6.07) is 18.6. The number of carbonyl (C=O) groups is 2. The average Bonchev–Trinajstić information content (AvgIpc) is 3.25. The number of hydrogen-bond acceptors (Lipinski definition) is 4. The van der Waals surface area contributed by atoms with Crippen LogP contribution in [0.3, 0.4) is 0 Å². The number of hydrogen-bond donors (Lipinski definition) is 2. The van der Waals surface area contributed by atoms with E-state index in [4.69, 9.17) is 5.73 Å². The Hall–Kier alpha value is -2.96. The Kier molecular flexibility index (Phi) is 5.81. The number of thiophene rings is 1. The van der Waals surface area contributed by atoms with E-state index in [1.54, 1.807) is 11.3 Å². The predicted molar refractivity (Wildman–Crippen MR) is 129 cm³/mol. The van der Waals surface area contributed by atoms with Crippen LogP contribution < -0.4 is 11.1 Å². The largest absolute Gasteiger partial charge is 0.369 e. The molecule has 2 aliphatic rings. The van der Waals surface area contributed by atoms with E-state index in [0.29, 0.717) is 0 Å². The summed E-state index contributed by atoms with van der Waals surface area (Å²) < 4.78 is 0. The first-order valence-electron chi connectivity index (χ1n) is 11.2. The van der Waals surface area contributed by atoms with Crippen molar-refractivity contribution in [3.63, 3.8) is 0 Å². The molecule has 5 nitrogen and oxygen atoms in total. The number of nitrogens with one attached hydrogen (secondary N) is 1. The van der Waals surface area contributed by atoms with Crippen molar-refractivity contribution < 1.29 is 9.59 Å². The van der Waals surface area contributed by atoms with Gasteiger partial charge in [-0.3, -0.25) is 14.5 Å². The molecule has 1 aliphatic heterocycles. The van der Waals surface area contributed by atoms with Gasteiger partial charge in [-0.05, 0) is 79.2 Å². The summed E-state index contributed by atoms with van der Waals surface area (Å²) >= 11 is 1.58. The van der Waals surface area contributed by atoms with Crippen LogP contribution in [-0.4, -0.2) is 29.8 Å². The lowest BCUT2D eigenvalue weighted by molar-refractivity contribution is -0.123. The predicted octanol–water partition coefficient (Wildman–Crippen LogP) is 4.46. The van der Waals surface area contributed by atoms with Crippen LogP contribution in [0.25, 0.3) is 10.4 Å². The van der Waals surface area contributed by atoms with Crippen LogP contribution in [0.4, 0.5) is 5.69 Å². The van der Waals surface area contributed by atoms with Crippen molar-refractivity contribution in [2.45, 2.75) is 32.2 Å². The topological polar surface area (TPSA) is 75.4 Å². The lowest BCUT2D eigenvalue weighted by Gasteiger charge is -2.30. The number of primary amides is 1. The van der Waals surface area contributed by atoms with Gasteiger partial charge in [0.25, 0.3) is 5.91 Å². The number of rotatable bonds is 5. The second kappa shape index (κ2) is 8.88. The van der Waals surface area contributed by atoms with Gasteiger partial charge in [0.2, 0.25) is 5.91 Å². The standard InChI is InChI=1S/C26H27N3O2S/c27-25(30)19-10-12-29(13-11-19)16-17-4-3-6-21(14-17)28-26(31)23-15-20-9-8-18-5-1-2-7-22(18)24(20)32-23/h1-7,14-15,19H,8-13,16H2,(H2,27,30)(H,28,31). The number of carbonyl (C=O) groups excluding carboxylic acids is 2. The molecule has 3 N–H and O–H groups in total. The van der Waals surface area contributed by atoms with Crippen LogP contribution in [0, 0.1) is 5.92 Å². The number of nitrogens with two attached hydrogens (primary N) is 1. The van der Waals surface area contributed by atoms with Crippen molar-refractivity contribution in [3.05, 3.63) is 76.2 Å². The number of anilines is 1. The van der Waals surface area contributed by atoms with Gasteiger partial charge in [0, 0.05) is 23.0 Å². The van der Waals surface area contributed by atoms with Crippen LogP contribution in [0.5, 0.6) is 0 Å². The Morgan fingerprint density at radius 3 is 2.59 bits per heavy atom. The van der Waals surface area contributed by atoms with Gasteiger partial charge in [-0.2, -0.15) is 0 Å². The van der Waals surface area contributed by atoms with E-state index >= 15 is 0 Å². The molecular formula is C26H27N3O2S. The molecule has 2 aromatic carbocycles. The summed E-state index contributed by atoms with van der Waals surface area (Å²) in [5.74, 6) is -0.241. The third-order valence-corrected chi connectivity index (χ3v) is 7.75. The minimum absolute atomic E-state index is 0.000423. The fourth-order valence-corrected chi connectivity index (χ4v) is 5.92. The number of fused-ring (bicyclic) bond motifs is 3. The van der Waals surface area contributed by atoms with Crippen LogP contribution in [-0.2, 0) is 24.2 Å². The van der Waals surface area contributed by atoms with Crippen molar-refractivity contribution in [1.82, 2.24) is 4.90 Å². The first-order valence-corrected chi connectivity index (χ1v) is 12.0. The van der Waals surface area contributed by atoms with Gasteiger partial charge in [0.1, 0.15) is 0 Å². The van der Waals surface area contributed by atoms with E-state index in [1.165, 1.54) is 21.6 Å². The average molecular weight is 446 g/mol. The zero-order valence-corrected chi connectivity index (χ0v) is 18.8. The van der Waals surface area contributed by atoms with Crippen molar-refractivity contribution in [3.8, 4) is 10.4 Å². The number of nitrogens with zero attached hydrogens (tertiary/aromatic N) is 1. The molecule has 1 fully saturated rings. The molecule has 0 radical (unpaired) electrons. The number of benzene rings is 2. The smallest absolute Gasteiger partial charge is 0.265 e. The maximum Gasteiger partial charge on any atom is 0.265 e. The number of amides is 2. The lowest BCUT2D eigenvalue weighted by Crippen LogP contribution is -2.38. The molecule has 1 saturated heterocycles. The van der Waals surface area contributed by atoms with E-state index in [2.05, 4.69) is 46.6 Å². The highest BCUT2D eigenvalue weighted by molar-refractivity contribution is 7.17. The van der Waals surface area contributed by atoms with Crippen molar-refractivity contribution in [2.24, 2.45) is 11.7 Å². The van der Waals surface area contributed by atoms with E-state index in [-0.39, 0.29) is 17.7 Å². The molecule has 0 saturated carbocycles. The molecule has 2 amide bonds. The Morgan fingerprint density at radius 2 is 1.78 bits per heavy atom. The number of aryl methyl sites for hydroxylation is 2. The van der Waals surface area contributed by atoms with Gasteiger partial charge in [0.15, 0.2) is 0 Å². The van der Waals surface area contributed by atoms with Crippen LogP contribution in [0.15, 0.2) is 54.6 Å². The maximum atomic E-state index is 13.0. The fraction of sp³-hybridized carbons (Fsp3) is 0.308. The van der Waals surface area contributed by atoms with Gasteiger partial charge >= 0.3 is 0 Å². The molecule has 0 atom stereocenters. The van der Waals surface area contributed by atoms with Gasteiger partial charge in [-0.25, -0.2) is 0 Å². The molecule has 1 aliphatic carbocycles. The third kappa shape index (κ3) is 4.33. The van der Waals surface area contributed by atoms with E-state index in [1.807, 2.05) is 18.2 Å². The SMILES string of the molecule is NC(=O)C1CCN(Cc2cccc(NC(=O)c3cc4c(s3)-c3ccccc3CC4)c2)CC1.